The summed E-state index contributed by atoms with van der Waals surface area (Å²) in [5, 5.41) is 8.35. The quantitative estimate of drug-likeness (QED) is 0.870. The summed E-state index contributed by atoms with van der Waals surface area (Å²) in [7, 11) is 0. The summed E-state index contributed by atoms with van der Waals surface area (Å²) < 4.78 is 5.55. The lowest BCUT2D eigenvalue weighted by atomic mass is 10.0. The molecule has 2 aromatic rings. The Labute approximate surface area is 136 Å². The molecule has 0 spiro atoms. The van der Waals surface area contributed by atoms with Crippen molar-refractivity contribution in [1.82, 2.24) is 19.9 Å². The van der Waals surface area contributed by atoms with Crippen LogP contribution in [0.3, 0.4) is 0 Å². The number of carbonyl (C=O) groups is 1. The lowest BCUT2D eigenvalue weighted by Gasteiger charge is -2.33. The largest absolute Gasteiger partial charge is 0.494 e. The summed E-state index contributed by atoms with van der Waals surface area (Å²) in [5.41, 5.74) is 1.27. The minimum Gasteiger partial charge on any atom is -0.494 e. The number of likely N-dealkylation sites (tertiary alicyclic amines) is 1. The molecule has 0 bridgehead atoms. The average molecular weight is 314 g/mol. The molecule has 23 heavy (non-hydrogen) atoms. The first-order chi connectivity index (χ1) is 11.2. The molecule has 0 radical (unpaired) electrons. The van der Waals surface area contributed by atoms with Crippen LogP contribution in [0.1, 0.15) is 43.5 Å². The number of piperidine rings is 1. The van der Waals surface area contributed by atoms with E-state index in [1.807, 2.05) is 30.0 Å². The van der Waals surface area contributed by atoms with E-state index in [9.17, 15) is 4.79 Å². The van der Waals surface area contributed by atoms with Crippen LogP contribution < -0.4 is 4.74 Å². The van der Waals surface area contributed by atoms with Crippen LogP contribution in [0, 0.1) is 0 Å². The standard InChI is InChI=1S/C17H22N4O2/c1-3-23-14-7-8-15(16(12-14)21-18-9-10-19-21)17(22)20-11-5-4-6-13(20)2/h7-10,12-13H,3-6,11H2,1-2H3/t13-/m1/s1. The minimum atomic E-state index is 0.0348. The fraction of sp³-hybridized carbons (Fsp3) is 0.471. The summed E-state index contributed by atoms with van der Waals surface area (Å²) in [6.07, 6.45) is 6.50. The molecule has 1 fully saturated rings. The Morgan fingerprint density at radius 1 is 1.30 bits per heavy atom. The van der Waals surface area contributed by atoms with Gasteiger partial charge < -0.3 is 9.64 Å². The van der Waals surface area contributed by atoms with Crippen LogP contribution in [-0.4, -0.2) is 45.0 Å². The van der Waals surface area contributed by atoms with Gasteiger partial charge in [0.25, 0.3) is 5.91 Å². The molecule has 1 saturated heterocycles. The van der Waals surface area contributed by atoms with E-state index in [2.05, 4.69) is 17.1 Å². The smallest absolute Gasteiger partial charge is 0.256 e. The number of hydrogen-bond donors (Lipinski definition) is 0. The van der Waals surface area contributed by atoms with E-state index in [4.69, 9.17) is 4.74 Å². The van der Waals surface area contributed by atoms with Gasteiger partial charge in [-0.15, -0.1) is 0 Å². The molecule has 1 atom stereocenters. The molecule has 1 amide bonds. The molecule has 1 aliphatic rings. The summed E-state index contributed by atoms with van der Waals surface area (Å²) in [6.45, 7) is 5.42. The van der Waals surface area contributed by atoms with E-state index in [1.165, 1.54) is 11.2 Å². The number of nitrogens with zero attached hydrogens (tertiary/aromatic N) is 4. The summed E-state index contributed by atoms with van der Waals surface area (Å²) in [4.78, 5) is 16.4. The third-order valence-electron chi connectivity index (χ3n) is 4.21. The normalized spacial score (nSPS) is 18.0. The highest BCUT2D eigenvalue weighted by Gasteiger charge is 2.26. The van der Waals surface area contributed by atoms with Crippen LogP contribution in [0.4, 0.5) is 0 Å². The van der Waals surface area contributed by atoms with Crippen LogP contribution in [-0.2, 0) is 0 Å². The molecule has 0 saturated carbocycles. The summed E-state index contributed by atoms with van der Waals surface area (Å²) >= 11 is 0. The van der Waals surface area contributed by atoms with Gasteiger partial charge in [0.15, 0.2) is 0 Å². The first-order valence-corrected chi connectivity index (χ1v) is 8.15. The number of benzene rings is 1. The maximum Gasteiger partial charge on any atom is 0.256 e. The number of carbonyl (C=O) groups excluding carboxylic acids is 1. The van der Waals surface area contributed by atoms with E-state index >= 15 is 0 Å². The van der Waals surface area contributed by atoms with E-state index < -0.39 is 0 Å². The number of rotatable bonds is 4. The summed E-state index contributed by atoms with van der Waals surface area (Å²) in [5.74, 6) is 0.746. The van der Waals surface area contributed by atoms with Crippen molar-refractivity contribution in [3.8, 4) is 11.4 Å². The number of amides is 1. The molecule has 0 aliphatic carbocycles. The first-order valence-electron chi connectivity index (χ1n) is 8.15. The second kappa shape index (κ2) is 6.81. The van der Waals surface area contributed by atoms with E-state index in [0.717, 1.165) is 19.4 Å². The summed E-state index contributed by atoms with van der Waals surface area (Å²) in [6, 6.07) is 5.73. The maximum absolute atomic E-state index is 13.0. The molecule has 1 aliphatic heterocycles. The van der Waals surface area contributed by atoms with E-state index in [0.29, 0.717) is 23.6 Å². The SMILES string of the molecule is CCOc1ccc(C(=O)N2CCCC[C@H]2C)c(-n2nccn2)c1. The highest BCUT2D eigenvalue weighted by molar-refractivity contribution is 5.98. The van der Waals surface area contributed by atoms with Crippen molar-refractivity contribution in [3.05, 3.63) is 36.2 Å². The molecule has 6 heteroatoms. The molecule has 6 nitrogen and oxygen atoms in total. The molecule has 1 aromatic carbocycles. The molecule has 3 rings (SSSR count). The van der Waals surface area contributed by atoms with Crippen LogP contribution in [0.2, 0.25) is 0 Å². The van der Waals surface area contributed by atoms with Gasteiger partial charge in [-0.05, 0) is 45.2 Å². The van der Waals surface area contributed by atoms with Crippen LogP contribution in [0.5, 0.6) is 5.75 Å². The Kier molecular flexibility index (Phi) is 4.60. The van der Waals surface area contributed by atoms with Crippen molar-refractivity contribution in [1.29, 1.82) is 0 Å². The van der Waals surface area contributed by atoms with Gasteiger partial charge in [-0.25, -0.2) is 0 Å². The molecule has 0 unspecified atom stereocenters. The molecule has 0 N–H and O–H groups in total. The van der Waals surface area contributed by atoms with Gasteiger partial charge in [0.2, 0.25) is 0 Å². The third-order valence-corrected chi connectivity index (χ3v) is 4.21. The lowest BCUT2D eigenvalue weighted by molar-refractivity contribution is 0.0635. The monoisotopic (exact) mass is 314 g/mol. The lowest BCUT2D eigenvalue weighted by Crippen LogP contribution is -2.42. The van der Waals surface area contributed by atoms with Crippen LogP contribution in [0.25, 0.3) is 5.69 Å². The van der Waals surface area contributed by atoms with Crippen LogP contribution >= 0.6 is 0 Å². The minimum absolute atomic E-state index is 0.0348. The third kappa shape index (κ3) is 3.21. The number of hydrogen-bond acceptors (Lipinski definition) is 4. The van der Waals surface area contributed by atoms with Gasteiger partial charge in [-0.3, -0.25) is 4.79 Å². The van der Waals surface area contributed by atoms with E-state index in [-0.39, 0.29) is 11.9 Å². The van der Waals surface area contributed by atoms with Gasteiger partial charge in [0, 0.05) is 18.7 Å². The molecule has 1 aromatic heterocycles. The maximum atomic E-state index is 13.0. The predicted molar refractivity (Wildman–Crippen MR) is 86.9 cm³/mol. The highest BCUT2D eigenvalue weighted by Crippen LogP contribution is 2.25. The Morgan fingerprint density at radius 2 is 2.09 bits per heavy atom. The number of ether oxygens (including phenoxy) is 1. The number of aromatic nitrogens is 3. The molecule has 122 valence electrons. The Balaban J connectivity index is 1.99. The van der Waals surface area contributed by atoms with Gasteiger partial charge >= 0.3 is 0 Å². The Morgan fingerprint density at radius 3 is 2.78 bits per heavy atom. The van der Waals surface area contributed by atoms with Crippen molar-refractivity contribution in [2.45, 2.75) is 39.2 Å². The second-order valence-corrected chi connectivity index (χ2v) is 5.77. The zero-order valence-electron chi connectivity index (χ0n) is 13.6. The predicted octanol–water partition coefficient (Wildman–Crippen LogP) is 2.68. The van der Waals surface area contributed by atoms with Gasteiger partial charge in [0.1, 0.15) is 11.4 Å². The second-order valence-electron chi connectivity index (χ2n) is 5.77. The van der Waals surface area contributed by atoms with Gasteiger partial charge in [0.05, 0.1) is 24.6 Å². The molecular weight excluding hydrogens is 292 g/mol. The van der Waals surface area contributed by atoms with Crippen molar-refractivity contribution in [2.75, 3.05) is 13.2 Å². The average Bonchev–Trinajstić information content (AvgIpc) is 3.09. The molecular formula is C17H22N4O2. The fourth-order valence-electron chi connectivity index (χ4n) is 3.01. The van der Waals surface area contributed by atoms with Crippen molar-refractivity contribution in [3.63, 3.8) is 0 Å². The topological polar surface area (TPSA) is 60.2 Å². The van der Waals surface area contributed by atoms with Crippen molar-refractivity contribution < 1.29 is 9.53 Å². The Hall–Kier alpha value is -2.37. The fourth-order valence-corrected chi connectivity index (χ4v) is 3.01. The first kappa shape index (κ1) is 15.5. The van der Waals surface area contributed by atoms with Gasteiger partial charge in [-0.2, -0.15) is 15.0 Å². The Bertz CT molecular complexity index is 669. The zero-order chi connectivity index (χ0) is 16.2. The van der Waals surface area contributed by atoms with Crippen molar-refractivity contribution >= 4 is 5.91 Å². The molecule has 2 heterocycles. The zero-order valence-corrected chi connectivity index (χ0v) is 13.6. The van der Waals surface area contributed by atoms with Crippen molar-refractivity contribution in [2.24, 2.45) is 0 Å². The highest BCUT2D eigenvalue weighted by atomic mass is 16.5. The van der Waals surface area contributed by atoms with Gasteiger partial charge in [-0.1, -0.05) is 0 Å². The van der Waals surface area contributed by atoms with Crippen LogP contribution in [0.15, 0.2) is 30.6 Å². The van der Waals surface area contributed by atoms with E-state index in [1.54, 1.807) is 12.4 Å².